The normalized spacial score (nSPS) is 23.0. The van der Waals surface area contributed by atoms with Gasteiger partial charge in [0.25, 0.3) is 5.91 Å². The number of hydrogen-bond donors (Lipinski definition) is 2. The van der Waals surface area contributed by atoms with E-state index >= 15 is 0 Å². The maximum Gasteiger partial charge on any atom is 0.317 e. The van der Waals surface area contributed by atoms with Gasteiger partial charge < -0.3 is 24.8 Å². The van der Waals surface area contributed by atoms with E-state index in [1.165, 1.54) is 0 Å². The number of urea groups is 1. The number of rotatable bonds is 1. The smallest absolute Gasteiger partial charge is 0.317 e. The topological polar surface area (TPSA) is 88.5 Å². The highest BCUT2D eigenvalue weighted by Crippen LogP contribution is 2.40. The minimum atomic E-state index is -0.594. The molecule has 3 rings (SSSR count). The maximum atomic E-state index is 12.0. The lowest BCUT2D eigenvalue weighted by Gasteiger charge is -2.45. The molecule has 0 aliphatic carbocycles. The van der Waals surface area contributed by atoms with Crippen molar-refractivity contribution in [3.8, 4) is 0 Å². The third kappa shape index (κ3) is 2.33. The summed E-state index contributed by atoms with van der Waals surface area (Å²) in [5.41, 5.74) is -0.594. The van der Waals surface area contributed by atoms with Crippen molar-refractivity contribution in [3.05, 3.63) is 18.2 Å². The van der Waals surface area contributed by atoms with Crippen LogP contribution in [0.2, 0.25) is 0 Å². The monoisotopic (exact) mass is 307 g/mol. The summed E-state index contributed by atoms with van der Waals surface area (Å²) in [6, 6.07) is -0.0862. The van der Waals surface area contributed by atoms with Gasteiger partial charge in [0.15, 0.2) is 6.10 Å². The van der Waals surface area contributed by atoms with Crippen LogP contribution in [-0.2, 0) is 21.7 Å². The largest absolute Gasteiger partial charge is 0.357 e. The summed E-state index contributed by atoms with van der Waals surface area (Å²) >= 11 is 0. The number of aromatic nitrogens is 2. The molecule has 0 saturated carbocycles. The average Bonchev–Trinajstić information content (AvgIpc) is 3.03. The summed E-state index contributed by atoms with van der Waals surface area (Å²) in [6.45, 7) is 1.62. The second-order valence-electron chi connectivity index (χ2n) is 5.66. The van der Waals surface area contributed by atoms with Crippen molar-refractivity contribution in [3.63, 3.8) is 0 Å². The number of hydrogen-bond acceptors (Lipinski definition) is 4. The first-order chi connectivity index (χ1) is 10.6. The van der Waals surface area contributed by atoms with E-state index in [4.69, 9.17) is 4.74 Å². The van der Waals surface area contributed by atoms with Crippen LogP contribution >= 0.6 is 0 Å². The first kappa shape index (κ1) is 14.8. The maximum absolute atomic E-state index is 12.0. The third-order valence-corrected chi connectivity index (χ3v) is 4.46. The highest BCUT2D eigenvalue weighted by Gasteiger charge is 2.47. The number of carbonyl (C=O) groups excluding carboxylic acids is 2. The average molecular weight is 307 g/mol. The molecule has 8 nitrogen and oxygen atoms in total. The van der Waals surface area contributed by atoms with Gasteiger partial charge >= 0.3 is 6.03 Å². The second-order valence-corrected chi connectivity index (χ2v) is 5.66. The Kier molecular flexibility index (Phi) is 3.78. The van der Waals surface area contributed by atoms with Crippen molar-refractivity contribution in [2.24, 2.45) is 0 Å². The van der Waals surface area contributed by atoms with Gasteiger partial charge in [-0.2, -0.15) is 0 Å². The number of likely N-dealkylation sites (N-methyl/N-ethyl adjacent to an activating group) is 1. The van der Waals surface area contributed by atoms with Gasteiger partial charge in [0.1, 0.15) is 11.4 Å². The van der Waals surface area contributed by atoms with Crippen LogP contribution in [0, 0.1) is 0 Å². The van der Waals surface area contributed by atoms with E-state index < -0.39 is 11.7 Å². The number of likely N-dealkylation sites (tertiary alicyclic amines) is 1. The fraction of sp³-hybridized carbons (Fsp3) is 0.643. The predicted molar refractivity (Wildman–Crippen MR) is 78.1 cm³/mol. The Bertz CT molecular complexity index is 577. The molecule has 2 aliphatic rings. The SMILES string of the molecule is CNC(=O)C1Cn2ccnc2C2(CCN(C(=O)NC)CC2)O1. The van der Waals surface area contributed by atoms with Crippen LogP contribution in [-0.4, -0.2) is 59.7 Å². The van der Waals surface area contributed by atoms with Gasteiger partial charge in [-0.25, -0.2) is 9.78 Å². The number of amides is 3. The highest BCUT2D eigenvalue weighted by atomic mass is 16.5. The first-order valence-corrected chi connectivity index (χ1v) is 7.47. The number of piperidine rings is 1. The molecular weight excluding hydrogens is 286 g/mol. The quantitative estimate of drug-likeness (QED) is 0.743. The Labute approximate surface area is 128 Å². The van der Waals surface area contributed by atoms with Crippen LogP contribution in [0.3, 0.4) is 0 Å². The molecule has 0 aromatic carbocycles. The van der Waals surface area contributed by atoms with E-state index in [0.717, 1.165) is 5.82 Å². The summed E-state index contributed by atoms with van der Waals surface area (Å²) in [6.07, 6.45) is 4.34. The molecule has 1 spiro atoms. The molecule has 1 aromatic heterocycles. The number of carbonyl (C=O) groups is 2. The number of nitrogens with zero attached hydrogens (tertiary/aromatic N) is 3. The molecule has 1 aromatic rings. The fourth-order valence-corrected chi connectivity index (χ4v) is 3.26. The van der Waals surface area contributed by atoms with Gasteiger partial charge in [-0.15, -0.1) is 0 Å². The van der Waals surface area contributed by atoms with E-state index in [1.54, 1.807) is 25.2 Å². The molecule has 1 atom stereocenters. The molecule has 8 heteroatoms. The minimum absolute atomic E-state index is 0.0862. The van der Waals surface area contributed by atoms with Crippen LogP contribution in [0.5, 0.6) is 0 Å². The van der Waals surface area contributed by atoms with Crippen molar-refractivity contribution in [2.45, 2.75) is 31.1 Å². The first-order valence-electron chi connectivity index (χ1n) is 7.47. The zero-order valence-electron chi connectivity index (χ0n) is 12.8. The van der Waals surface area contributed by atoms with Crippen molar-refractivity contribution in [1.82, 2.24) is 25.1 Å². The molecule has 3 amide bonds. The third-order valence-electron chi connectivity index (χ3n) is 4.46. The summed E-state index contributed by atoms with van der Waals surface area (Å²) in [5, 5.41) is 5.28. The molecule has 1 unspecified atom stereocenters. The number of ether oxygens (including phenoxy) is 1. The summed E-state index contributed by atoms with van der Waals surface area (Å²) in [7, 11) is 3.23. The van der Waals surface area contributed by atoms with Gasteiger partial charge in [0.2, 0.25) is 0 Å². The molecule has 2 N–H and O–H groups in total. The zero-order chi connectivity index (χ0) is 15.7. The van der Waals surface area contributed by atoms with Gasteiger partial charge in [0, 0.05) is 52.4 Å². The number of fused-ring (bicyclic) bond motifs is 2. The Morgan fingerprint density at radius 1 is 1.32 bits per heavy atom. The van der Waals surface area contributed by atoms with Crippen LogP contribution in [0.4, 0.5) is 4.79 Å². The van der Waals surface area contributed by atoms with E-state index in [9.17, 15) is 9.59 Å². The van der Waals surface area contributed by atoms with Crippen molar-refractivity contribution < 1.29 is 14.3 Å². The second kappa shape index (κ2) is 5.60. The minimum Gasteiger partial charge on any atom is -0.357 e. The standard InChI is InChI=1S/C14H21N5O3/c1-15-11(20)10-9-19-8-5-17-12(19)14(22-10)3-6-18(7-4-14)13(21)16-2/h5,8,10H,3-4,6-7,9H2,1-2H3,(H,15,20)(H,16,21). The molecule has 1 fully saturated rings. The summed E-state index contributed by atoms with van der Waals surface area (Å²) in [4.78, 5) is 29.9. The number of nitrogens with one attached hydrogen (secondary N) is 2. The van der Waals surface area contributed by atoms with Crippen molar-refractivity contribution in [1.29, 1.82) is 0 Å². The molecule has 1 saturated heterocycles. The van der Waals surface area contributed by atoms with Gasteiger partial charge in [-0.1, -0.05) is 0 Å². The molecule has 2 aliphatic heterocycles. The van der Waals surface area contributed by atoms with Crippen LogP contribution < -0.4 is 10.6 Å². The molecule has 0 radical (unpaired) electrons. The highest BCUT2D eigenvalue weighted by molar-refractivity contribution is 5.80. The van der Waals surface area contributed by atoms with E-state index in [1.807, 2.05) is 10.8 Å². The lowest BCUT2D eigenvalue weighted by Crippen LogP contribution is -2.55. The van der Waals surface area contributed by atoms with E-state index in [2.05, 4.69) is 15.6 Å². The van der Waals surface area contributed by atoms with Gasteiger partial charge in [0.05, 0.1) is 6.54 Å². The fourth-order valence-electron chi connectivity index (χ4n) is 3.26. The Morgan fingerprint density at radius 3 is 2.68 bits per heavy atom. The van der Waals surface area contributed by atoms with Crippen LogP contribution in [0.25, 0.3) is 0 Å². The zero-order valence-corrected chi connectivity index (χ0v) is 12.8. The molecule has 0 bridgehead atoms. The number of imidazole rings is 1. The molecule has 3 heterocycles. The summed E-state index contributed by atoms with van der Waals surface area (Å²) in [5.74, 6) is 0.719. The lowest BCUT2D eigenvalue weighted by atomic mass is 9.88. The van der Waals surface area contributed by atoms with Gasteiger partial charge in [-0.05, 0) is 0 Å². The van der Waals surface area contributed by atoms with Crippen LogP contribution in [0.15, 0.2) is 12.4 Å². The van der Waals surface area contributed by atoms with E-state index in [-0.39, 0.29) is 11.9 Å². The Morgan fingerprint density at radius 2 is 2.05 bits per heavy atom. The van der Waals surface area contributed by atoms with E-state index in [0.29, 0.717) is 32.5 Å². The molecular formula is C14H21N5O3. The summed E-state index contributed by atoms with van der Waals surface area (Å²) < 4.78 is 8.15. The van der Waals surface area contributed by atoms with Gasteiger partial charge in [-0.3, -0.25) is 4.79 Å². The van der Waals surface area contributed by atoms with Crippen molar-refractivity contribution in [2.75, 3.05) is 27.2 Å². The Hall–Kier alpha value is -2.09. The Balaban J connectivity index is 1.84. The van der Waals surface area contributed by atoms with Crippen molar-refractivity contribution >= 4 is 11.9 Å². The molecule has 120 valence electrons. The predicted octanol–water partition coefficient (Wildman–Crippen LogP) is -0.342. The lowest BCUT2D eigenvalue weighted by molar-refractivity contribution is -0.171. The molecule has 22 heavy (non-hydrogen) atoms. The van der Waals surface area contributed by atoms with Crippen LogP contribution in [0.1, 0.15) is 18.7 Å².